The predicted octanol–water partition coefficient (Wildman–Crippen LogP) is -0.0305. The van der Waals surface area contributed by atoms with Crippen LogP contribution in [0.4, 0.5) is 0 Å². The minimum Gasteiger partial charge on any atom is -0.326 e. The first-order valence-electron chi connectivity index (χ1n) is 4.55. The van der Waals surface area contributed by atoms with Crippen molar-refractivity contribution in [3.8, 4) is 0 Å². The molecule has 1 aromatic rings. The molecule has 0 amide bonds. The molecule has 0 aliphatic heterocycles. The lowest BCUT2D eigenvalue weighted by atomic mass is 10.4. The second-order valence-electron chi connectivity index (χ2n) is 2.73. The fourth-order valence-electron chi connectivity index (χ4n) is 0.732. The molecule has 0 aliphatic carbocycles. The van der Waals surface area contributed by atoms with Crippen molar-refractivity contribution in [2.75, 3.05) is 7.05 Å². The molecule has 13 heteroatoms. The zero-order valence-corrected chi connectivity index (χ0v) is 13.6. The standard InChI is InChI=1S/C7H8ClNO2S.2H3O3P/c1-9-12(10,11)7-4-2-6(8)3-5-7;2*1-4(2)3/h2-5,9H,1H3;2*4H,(H2,1,2,3). The molecule has 0 aliphatic rings. The van der Waals surface area contributed by atoms with Crippen LogP contribution in [0.1, 0.15) is 0 Å². The van der Waals surface area contributed by atoms with Gasteiger partial charge in [0.1, 0.15) is 0 Å². The number of hydrogen-bond donors (Lipinski definition) is 5. The summed E-state index contributed by atoms with van der Waals surface area (Å²) in [5.41, 5.74) is 0. The summed E-state index contributed by atoms with van der Waals surface area (Å²) in [5.74, 6) is 0. The van der Waals surface area contributed by atoms with Crippen LogP contribution in [0, 0.1) is 0 Å². The number of nitrogens with one attached hydrogen (secondary N) is 1. The molecule has 9 nitrogen and oxygen atoms in total. The average Bonchev–Trinajstić information content (AvgIpc) is 2.28. The monoisotopic (exact) mass is 369 g/mol. The Labute approximate surface area is 121 Å². The van der Waals surface area contributed by atoms with Crippen molar-refractivity contribution in [1.29, 1.82) is 0 Å². The maximum Gasteiger partial charge on any atom is 0.314 e. The Bertz CT molecular complexity index is 514. The van der Waals surface area contributed by atoms with Gasteiger partial charge in [-0.15, -0.1) is 0 Å². The normalized spacial score (nSPS) is 10.4. The highest BCUT2D eigenvalue weighted by molar-refractivity contribution is 7.89. The summed E-state index contributed by atoms with van der Waals surface area (Å²) in [6.45, 7) is 0. The summed E-state index contributed by atoms with van der Waals surface area (Å²) in [5, 5.41) is 0.519. The van der Waals surface area contributed by atoms with Crippen LogP contribution < -0.4 is 4.72 Å². The number of hydrogen-bond acceptors (Lipinski definition) is 4. The fraction of sp³-hybridized carbons (Fsp3) is 0.143. The molecular formula is C7H14ClNO8P2S. The number of sulfonamides is 1. The van der Waals surface area contributed by atoms with Crippen molar-refractivity contribution in [3.05, 3.63) is 29.3 Å². The van der Waals surface area contributed by atoms with E-state index >= 15 is 0 Å². The first-order chi connectivity index (χ1) is 9.02. The van der Waals surface area contributed by atoms with E-state index in [2.05, 4.69) is 4.72 Å². The van der Waals surface area contributed by atoms with E-state index in [1.54, 1.807) is 0 Å². The van der Waals surface area contributed by atoms with Gasteiger partial charge in [0.05, 0.1) is 4.90 Å². The second-order valence-corrected chi connectivity index (χ2v) is 6.18. The molecular weight excluding hydrogens is 356 g/mol. The molecule has 5 N–H and O–H groups in total. The smallest absolute Gasteiger partial charge is 0.314 e. The molecule has 0 saturated carbocycles. The van der Waals surface area contributed by atoms with Crippen molar-refractivity contribution >= 4 is 38.1 Å². The zero-order valence-electron chi connectivity index (χ0n) is 10.0. The third-order valence-corrected chi connectivity index (χ3v) is 3.07. The van der Waals surface area contributed by atoms with E-state index in [9.17, 15) is 8.42 Å². The minimum absolute atomic E-state index is 0.217. The topological polar surface area (TPSA) is 161 Å². The van der Waals surface area contributed by atoms with Crippen LogP contribution in [0.2, 0.25) is 5.02 Å². The molecule has 1 aromatic carbocycles. The van der Waals surface area contributed by atoms with Gasteiger partial charge in [0, 0.05) is 5.02 Å². The Morgan fingerprint density at radius 2 is 1.30 bits per heavy atom. The van der Waals surface area contributed by atoms with Crippen molar-refractivity contribution in [3.63, 3.8) is 0 Å². The van der Waals surface area contributed by atoms with Crippen LogP contribution in [-0.4, -0.2) is 35.0 Å². The predicted molar refractivity (Wildman–Crippen MR) is 74.6 cm³/mol. The zero-order chi connectivity index (χ0) is 16.3. The third kappa shape index (κ3) is 14.1. The van der Waals surface area contributed by atoms with Gasteiger partial charge in [0.25, 0.3) is 0 Å². The lowest BCUT2D eigenvalue weighted by molar-refractivity contribution is 0.403. The highest BCUT2D eigenvalue weighted by atomic mass is 35.5. The van der Waals surface area contributed by atoms with E-state index in [1.165, 1.54) is 31.3 Å². The number of halogens is 1. The van der Waals surface area contributed by atoms with E-state index in [4.69, 9.17) is 40.3 Å². The molecule has 0 heterocycles. The van der Waals surface area contributed by atoms with Gasteiger partial charge >= 0.3 is 16.5 Å². The number of rotatable bonds is 2. The van der Waals surface area contributed by atoms with Crippen molar-refractivity contribution in [2.24, 2.45) is 0 Å². The van der Waals surface area contributed by atoms with Crippen LogP contribution in [0.3, 0.4) is 0 Å². The molecule has 0 aromatic heterocycles. The lowest BCUT2D eigenvalue weighted by Crippen LogP contribution is -2.18. The van der Waals surface area contributed by atoms with E-state index in [0.29, 0.717) is 5.02 Å². The Balaban J connectivity index is 0. The van der Waals surface area contributed by atoms with Crippen molar-refractivity contribution < 1.29 is 37.1 Å². The van der Waals surface area contributed by atoms with Crippen LogP contribution in [-0.2, 0) is 19.2 Å². The molecule has 1 rings (SSSR count). The molecule has 0 atom stereocenters. The highest BCUT2D eigenvalue weighted by Crippen LogP contribution is 2.13. The van der Waals surface area contributed by atoms with Gasteiger partial charge < -0.3 is 19.6 Å². The van der Waals surface area contributed by atoms with Gasteiger partial charge in [0.2, 0.25) is 10.0 Å². The Hall–Kier alpha value is -0.280. The maximum atomic E-state index is 11.2. The molecule has 0 bridgehead atoms. The van der Waals surface area contributed by atoms with Gasteiger partial charge in [0.15, 0.2) is 0 Å². The molecule has 20 heavy (non-hydrogen) atoms. The first-order valence-corrected chi connectivity index (χ1v) is 9.02. The van der Waals surface area contributed by atoms with Gasteiger partial charge in [-0.25, -0.2) is 13.1 Å². The quantitative estimate of drug-likeness (QED) is 0.454. The maximum absolute atomic E-state index is 11.2. The molecule has 0 spiro atoms. The molecule has 0 unspecified atom stereocenters. The minimum atomic E-state index is -3.32. The van der Waals surface area contributed by atoms with Gasteiger partial charge in [-0.3, -0.25) is 9.13 Å². The van der Waals surface area contributed by atoms with Crippen LogP contribution in [0.25, 0.3) is 0 Å². The van der Waals surface area contributed by atoms with E-state index in [-0.39, 0.29) is 4.90 Å². The van der Waals surface area contributed by atoms with Gasteiger partial charge in [-0.05, 0) is 31.3 Å². The average molecular weight is 370 g/mol. The van der Waals surface area contributed by atoms with Gasteiger partial charge in [-0.2, -0.15) is 0 Å². The summed E-state index contributed by atoms with van der Waals surface area (Å²) in [4.78, 5) is 28.8. The first kappa shape index (κ1) is 22.0. The van der Waals surface area contributed by atoms with Gasteiger partial charge in [-0.1, -0.05) is 11.6 Å². The summed E-state index contributed by atoms with van der Waals surface area (Å²) in [6.07, 6.45) is 0. The molecule has 118 valence electrons. The van der Waals surface area contributed by atoms with Crippen LogP contribution in [0.5, 0.6) is 0 Å². The Kier molecular flexibility index (Phi) is 12.5. The summed E-state index contributed by atoms with van der Waals surface area (Å²) >= 11 is 5.59. The third-order valence-electron chi connectivity index (χ3n) is 1.39. The molecule has 0 saturated heterocycles. The van der Waals surface area contributed by atoms with E-state index in [1.807, 2.05) is 0 Å². The molecule has 0 fully saturated rings. The molecule has 0 radical (unpaired) electrons. The van der Waals surface area contributed by atoms with Crippen LogP contribution in [0.15, 0.2) is 29.2 Å². The Morgan fingerprint density at radius 1 is 1.00 bits per heavy atom. The SMILES string of the molecule is CNS(=O)(=O)c1ccc(Cl)cc1.O=[PH](O)O.O=[PH](O)O. The van der Waals surface area contributed by atoms with Crippen LogP contribution >= 0.6 is 28.1 Å². The van der Waals surface area contributed by atoms with E-state index in [0.717, 1.165) is 0 Å². The highest BCUT2D eigenvalue weighted by Gasteiger charge is 2.09. The summed E-state index contributed by atoms with van der Waals surface area (Å²) in [6, 6.07) is 5.97. The summed E-state index contributed by atoms with van der Waals surface area (Å²) in [7, 11) is -8.22. The second kappa shape index (κ2) is 11.4. The van der Waals surface area contributed by atoms with Crippen molar-refractivity contribution in [2.45, 2.75) is 4.90 Å². The largest absolute Gasteiger partial charge is 0.326 e. The Morgan fingerprint density at radius 3 is 1.55 bits per heavy atom. The summed E-state index contributed by atoms with van der Waals surface area (Å²) < 4.78 is 42.0. The number of benzene rings is 1. The van der Waals surface area contributed by atoms with Crippen molar-refractivity contribution in [1.82, 2.24) is 4.72 Å². The lowest BCUT2D eigenvalue weighted by Gasteiger charge is -2.00. The fourth-order valence-corrected chi connectivity index (χ4v) is 1.59. The van der Waals surface area contributed by atoms with E-state index < -0.39 is 26.5 Å².